The van der Waals surface area contributed by atoms with Crippen molar-refractivity contribution in [3.8, 4) is 11.3 Å². The molecule has 174 valence electrons. The van der Waals surface area contributed by atoms with Crippen LogP contribution in [-0.2, 0) is 4.79 Å². The SMILES string of the molecule is Cc1ccc(N2CCN(C3=NC(=O)/C(=C/c4ccc(-c5cc(Cl)ccc5Cl)o4)S3)CC2)cc1Cl. The molecular weight excluding hydrogens is 513 g/mol. The zero-order chi connectivity index (χ0) is 23.8. The van der Waals surface area contributed by atoms with Crippen molar-refractivity contribution in [2.45, 2.75) is 6.92 Å². The highest BCUT2D eigenvalue weighted by Gasteiger charge is 2.29. The fraction of sp³-hybridized carbons (Fsp3) is 0.200. The van der Waals surface area contributed by atoms with Gasteiger partial charge in [0, 0.05) is 53.6 Å². The molecule has 2 aromatic carbocycles. The van der Waals surface area contributed by atoms with E-state index in [2.05, 4.69) is 20.9 Å². The average Bonchev–Trinajstić information content (AvgIpc) is 3.44. The summed E-state index contributed by atoms with van der Waals surface area (Å²) in [6.07, 6.45) is 1.72. The van der Waals surface area contributed by atoms with Crippen LogP contribution in [0.1, 0.15) is 11.3 Å². The molecule has 0 N–H and O–H groups in total. The number of nitrogens with zero attached hydrogens (tertiary/aromatic N) is 3. The van der Waals surface area contributed by atoms with E-state index in [4.69, 9.17) is 39.2 Å². The van der Waals surface area contributed by atoms with E-state index in [9.17, 15) is 4.79 Å². The molecule has 1 aromatic heterocycles. The van der Waals surface area contributed by atoms with Crippen molar-refractivity contribution < 1.29 is 9.21 Å². The van der Waals surface area contributed by atoms with Crippen LogP contribution in [0.5, 0.6) is 0 Å². The van der Waals surface area contributed by atoms with Crippen molar-refractivity contribution in [1.29, 1.82) is 0 Å². The van der Waals surface area contributed by atoms with Gasteiger partial charge in [0.1, 0.15) is 11.5 Å². The number of hydrogen-bond acceptors (Lipinski definition) is 5. The maximum Gasteiger partial charge on any atom is 0.286 e. The number of aryl methyl sites for hydroxylation is 1. The zero-order valence-corrected chi connectivity index (χ0v) is 21.3. The third-order valence-electron chi connectivity index (χ3n) is 5.77. The molecule has 2 aliphatic rings. The van der Waals surface area contributed by atoms with Gasteiger partial charge in [-0.2, -0.15) is 4.99 Å². The fourth-order valence-electron chi connectivity index (χ4n) is 3.86. The topological polar surface area (TPSA) is 49.0 Å². The Kier molecular flexibility index (Phi) is 6.67. The first-order valence-electron chi connectivity index (χ1n) is 10.7. The number of aliphatic imine (C=N–C) groups is 1. The number of halogens is 3. The lowest BCUT2D eigenvalue weighted by Gasteiger charge is -2.36. The smallest absolute Gasteiger partial charge is 0.286 e. The molecule has 0 spiro atoms. The molecule has 0 radical (unpaired) electrons. The molecule has 5 rings (SSSR count). The van der Waals surface area contributed by atoms with E-state index >= 15 is 0 Å². The van der Waals surface area contributed by atoms with Crippen molar-refractivity contribution in [2.24, 2.45) is 4.99 Å². The van der Waals surface area contributed by atoms with Crippen LogP contribution >= 0.6 is 46.6 Å². The molecule has 5 nitrogen and oxygen atoms in total. The van der Waals surface area contributed by atoms with Gasteiger partial charge in [0.25, 0.3) is 5.91 Å². The van der Waals surface area contributed by atoms with E-state index in [1.165, 1.54) is 11.8 Å². The number of amides is 1. The van der Waals surface area contributed by atoms with E-state index in [1.807, 2.05) is 25.1 Å². The van der Waals surface area contributed by atoms with Gasteiger partial charge in [-0.05, 0) is 66.7 Å². The Morgan fingerprint density at radius 1 is 0.941 bits per heavy atom. The highest BCUT2D eigenvalue weighted by Crippen LogP contribution is 2.35. The predicted octanol–water partition coefficient (Wildman–Crippen LogP) is 7.01. The number of carbonyl (C=O) groups is 1. The first-order chi connectivity index (χ1) is 16.4. The van der Waals surface area contributed by atoms with Crippen LogP contribution in [0.25, 0.3) is 17.4 Å². The van der Waals surface area contributed by atoms with Crippen LogP contribution in [0.3, 0.4) is 0 Å². The summed E-state index contributed by atoms with van der Waals surface area (Å²) in [5.74, 6) is 0.883. The maximum absolute atomic E-state index is 12.6. The second-order valence-electron chi connectivity index (χ2n) is 8.04. The fourth-order valence-corrected chi connectivity index (χ4v) is 5.36. The second kappa shape index (κ2) is 9.70. The molecule has 0 aliphatic carbocycles. The van der Waals surface area contributed by atoms with Crippen LogP contribution < -0.4 is 4.90 Å². The summed E-state index contributed by atoms with van der Waals surface area (Å²) in [6.45, 7) is 5.20. The van der Waals surface area contributed by atoms with Crippen molar-refractivity contribution in [3.63, 3.8) is 0 Å². The molecule has 0 saturated carbocycles. The minimum absolute atomic E-state index is 0.258. The largest absolute Gasteiger partial charge is 0.457 e. The van der Waals surface area contributed by atoms with Crippen LogP contribution in [0.2, 0.25) is 15.1 Å². The molecule has 1 saturated heterocycles. The minimum Gasteiger partial charge on any atom is -0.457 e. The molecule has 9 heteroatoms. The first-order valence-corrected chi connectivity index (χ1v) is 12.7. The normalized spacial score (nSPS) is 17.6. The van der Waals surface area contributed by atoms with Gasteiger partial charge in [-0.15, -0.1) is 0 Å². The quantitative estimate of drug-likeness (QED) is 0.340. The van der Waals surface area contributed by atoms with Gasteiger partial charge < -0.3 is 14.2 Å². The molecule has 3 aromatic rings. The summed E-state index contributed by atoms with van der Waals surface area (Å²) in [7, 11) is 0. The summed E-state index contributed by atoms with van der Waals surface area (Å²) in [6, 6.07) is 15.0. The van der Waals surface area contributed by atoms with Crippen molar-refractivity contribution >= 4 is 69.4 Å². The number of piperazine rings is 1. The Morgan fingerprint density at radius 2 is 1.71 bits per heavy atom. The molecule has 34 heavy (non-hydrogen) atoms. The summed E-state index contributed by atoms with van der Waals surface area (Å²) in [4.78, 5) is 21.8. The zero-order valence-electron chi connectivity index (χ0n) is 18.2. The Labute approximate surface area is 217 Å². The van der Waals surface area contributed by atoms with Gasteiger partial charge in [-0.25, -0.2) is 0 Å². The molecule has 0 unspecified atom stereocenters. The monoisotopic (exact) mass is 531 g/mol. The van der Waals surface area contributed by atoms with Crippen molar-refractivity contribution in [1.82, 2.24) is 4.90 Å². The number of benzene rings is 2. The van der Waals surface area contributed by atoms with Crippen LogP contribution in [0.4, 0.5) is 5.69 Å². The van der Waals surface area contributed by atoms with E-state index in [1.54, 1.807) is 30.3 Å². The highest BCUT2D eigenvalue weighted by atomic mass is 35.5. The Bertz CT molecular complexity index is 1330. The number of amidine groups is 1. The van der Waals surface area contributed by atoms with Gasteiger partial charge in [0.15, 0.2) is 5.17 Å². The molecule has 3 heterocycles. The van der Waals surface area contributed by atoms with E-state index < -0.39 is 0 Å². The first kappa shape index (κ1) is 23.4. The van der Waals surface area contributed by atoms with Gasteiger partial charge in [0.05, 0.1) is 9.93 Å². The minimum atomic E-state index is -0.258. The third-order valence-corrected chi connectivity index (χ3v) is 7.79. The standard InChI is InChI=1S/C25H20Cl3N3O2S/c1-15-2-4-17(13-21(15)28)30-8-10-31(11-9-30)25-29-24(32)23(34-25)14-18-5-7-22(33-18)19-12-16(26)3-6-20(19)27/h2-7,12-14H,8-11H2,1H3/b23-14-. The molecule has 1 amide bonds. The number of hydrogen-bond donors (Lipinski definition) is 0. The molecule has 1 fully saturated rings. The summed E-state index contributed by atoms with van der Waals surface area (Å²) in [5, 5.41) is 2.61. The van der Waals surface area contributed by atoms with E-state index in [0.29, 0.717) is 32.0 Å². The highest BCUT2D eigenvalue weighted by molar-refractivity contribution is 8.18. The summed E-state index contributed by atoms with van der Waals surface area (Å²) < 4.78 is 5.91. The van der Waals surface area contributed by atoms with E-state index in [0.717, 1.165) is 47.6 Å². The molecule has 0 bridgehead atoms. The van der Waals surface area contributed by atoms with E-state index in [-0.39, 0.29) is 5.91 Å². The van der Waals surface area contributed by atoms with Gasteiger partial charge in [-0.1, -0.05) is 40.9 Å². The van der Waals surface area contributed by atoms with Crippen molar-refractivity contribution in [3.05, 3.63) is 79.8 Å². The third kappa shape index (κ3) is 4.86. The van der Waals surface area contributed by atoms with Gasteiger partial charge in [0.2, 0.25) is 0 Å². The summed E-state index contributed by atoms with van der Waals surface area (Å²) in [5.41, 5.74) is 2.88. The number of furan rings is 1. The maximum atomic E-state index is 12.6. The number of thioether (sulfide) groups is 1. The number of rotatable bonds is 3. The lowest BCUT2D eigenvalue weighted by Crippen LogP contribution is -2.47. The summed E-state index contributed by atoms with van der Waals surface area (Å²) >= 11 is 20.0. The van der Waals surface area contributed by atoms with Gasteiger partial charge >= 0.3 is 0 Å². The molecule has 2 aliphatic heterocycles. The average molecular weight is 533 g/mol. The van der Waals surface area contributed by atoms with Crippen molar-refractivity contribution in [2.75, 3.05) is 31.1 Å². The van der Waals surface area contributed by atoms with Crippen LogP contribution in [-0.4, -0.2) is 42.2 Å². The Balaban J connectivity index is 1.24. The Morgan fingerprint density at radius 3 is 2.47 bits per heavy atom. The lowest BCUT2D eigenvalue weighted by atomic mass is 10.2. The van der Waals surface area contributed by atoms with Crippen LogP contribution in [0.15, 0.2) is 62.8 Å². The number of carbonyl (C=O) groups excluding carboxylic acids is 1. The molecule has 0 atom stereocenters. The predicted molar refractivity (Wildman–Crippen MR) is 142 cm³/mol. The second-order valence-corrected chi connectivity index (χ2v) is 10.3. The number of anilines is 1. The molecular formula is C25H20Cl3N3O2S. The van der Waals surface area contributed by atoms with Crippen LogP contribution in [0, 0.1) is 6.92 Å². The Hall–Kier alpha value is -2.38. The van der Waals surface area contributed by atoms with Gasteiger partial charge in [-0.3, -0.25) is 4.79 Å². The lowest BCUT2D eigenvalue weighted by molar-refractivity contribution is -0.113.